The molecule has 0 saturated heterocycles. The summed E-state index contributed by atoms with van der Waals surface area (Å²) in [4.78, 5) is 11.3. The van der Waals surface area contributed by atoms with Gasteiger partial charge in [0, 0.05) is 6.42 Å². The molecule has 0 heterocycles. The van der Waals surface area contributed by atoms with Gasteiger partial charge in [0.25, 0.3) is 0 Å². The molecule has 1 rings (SSSR count). The first-order chi connectivity index (χ1) is 8.38. The molecule has 2 nitrogen and oxygen atoms in total. The third-order valence-electron chi connectivity index (χ3n) is 2.17. The Morgan fingerprint density at radius 1 is 1.11 bits per heavy atom. The van der Waals surface area contributed by atoms with Crippen LogP contribution in [0.5, 0.6) is 0 Å². The van der Waals surface area contributed by atoms with Crippen LogP contribution in [0.2, 0.25) is 0 Å². The smallest absolute Gasteiger partial charge is 0.389 e. The highest BCUT2D eigenvalue weighted by Gasteiger charge is 2.25. The van der Waals surface area contributed by atoms with Crippen LogP contribution in [0.25, 0.3) is 0 Å². The van der Waals surface area contributed by atoms with Crippen molar-refractivity contribution in [1.29, 1.82) is 0 Å². The lowest BCUT2D eigenvalue weighted by Crippen LogP contribution is -2.09. The zero-order chi connectivity index (χ0) is 13.6. The van der Waals surface area contributed by atoms with Gasteiger partial charge in [0.2, 0.25) is 0 Å². The molecule has 6 heteroatoms. The average molecular weight is 264 g/mol. The number of carbonyl (C=O) groups is 1. The van der Waals surface area contributed by atoms with Crippen LogP contribution in [0, 0.1) is 5.82 Å². The lowest BCUT2D eigenvalue weighted by molar-refractivity contribution is -0.135. The first-order valence-corrected chi connectivity index (χ1v) is 5.38. The van der Waals surface area contributed by atoms with E-state index in [1.54, 1.807) is 0 Å². The van der Waals surface area contributed by atoms with Crippen LogP contribution < -0.4 is 0 Å². The normalized spacial score (nSPS) is 11.3. The Morgan fingerprint density at radius 2 is 1.72 bits per heavy atom. The third kappa shape index (κ3) is 5.65. The lowest BCUT2D eigenvalue weighted by Gasteiger charge is -2.06. The van der Waals surface area contributed by atoms with Gasteiger partial charge in [-0.25, -0.2) is 9.18 Å². The van der Waals surface area contributed by atoms with Gasteiger partial charge in [0.1, 0.15) is 5.82 Å². The summed E-state index contributed by atoms with van der Waals surface area (Å²) in [5, 5.41) is 0. The van der Waals surface area contributed by atoms with Crippen LogP contribution in [-0.4, -0.2) is 18.8 Å². The Kier molecular flexibility index (Phi) is 5.12. The van der Waals surface area contributed by atoms with Crippen molar-refractivity contribution in [2.45, 2.75) is 25.4 Å². The van der Waals surface area contributed by atoms with Gasteiger partial charge in [-0.15, -0.1) is 0 Å². The molecule has 18 heavy (non-hydrogen) atoms. The number of benzene rings is 1. The molecule has 1 aromatic carbocycles. The van der Waals surface area contributed by atoms with E-state index in [0.29, 0.717) is 0 Å². The standard InChI is InChI=1S/C12H12F4O2/c13-10-5-3-9(4-6-10)11(17)18-8-2-1-7-12(14,15)16/h3-6H,1-2,7-8H2. The molecule has 1 aromatic rings. The molecular formula is C12H12F4O2. The van der Waals surface area contributed by atoms with Crippen LogP contribution in [0.4, 0.5) is 17.6 Å². The number of hydrogen-bond donors (Lipinski definition) is 0. The number of carbonyl (C=O) groups excluding carboxylic acids is 1. The highest BCUT2D eigenvalue weighted by Crippen LogP contribution is 2.22. The highest BCUT2D eigenvalue weighted by atomic mass is 19.4. The molecule has 0 bridgehead atoms. The highest BCUT2D eigenvalue weighted by molar-refractivity contribution is 5.89. The summed E-state index contributed by atoms with van der Waals surface area (Å²) in [5.74, 6) is -1.14. The first-order valence-electron chi connectivity index (χ1n) is 5.38. The first kappa shape index (κ1) is 14.5. The van der Waals surface area contributed by atoms with E-state index in [2.05, 4.69) is 0 Å². The second-order valence-electron chi connectivity index (χ2n) is 3.72. The number of alkyl halides is 3. The largest absolute Gasteiger partial charge is 0.462 e. The molecule has 0 radical (unpaired) electrons. The molecule has 0 atom stereocenters. The average Bonchev–Trinajstić information content (AvgIpc) is 2.27. The number of hydrogen-bond acceptors (Lipinski definition) is 2. The third-order valence-corrected chi connectivity index (χ3v) is 2.17. The van der Waals surface area contributed by atoms with Crippen molar-refractivity contribution in [2.24, 2.45) is 0 Å². The zero-order valence-corrected chi connectivity index (χ0v) is 9.47. The molecule has 0 fully saturated rings. The summed E-state index contributed by atoms with van der Waals surface area (Å²) in [7, 11) is 0. The maximum atomic E-state index is 12.6. The second-order valence-corrected chi connectivity index (χ2v) is 3.72. The van der Waals surface area contributed by atoms with Crippen molar-refractivity contribution in [3.05, 3.63) is 35.6 Å². The van der Waals surface area contributed by atoms with Crippen LogP contribution >= 0.6 is 0 Å². The summed E-state index contributed by atoms with van der Waals surface area (Å²) in [5.41, 5.74) is 0.173. The van der Waals surface area contributed by atoms with E-state index >= 15 is 0 Å². The van der Waals surface area contributed by atoms with Crippen molar-refractivity contribution in [3.63, 3.8) is 0 Å². The SMILES string of the molecule is O=C(OCCCCC(F)(F)F)c1ccc(F)cc1. The van der Waals surface area contributed by atoms with Gasteiger partial charge in [-0.05, 0) is 37.1 Å². The van der Waals surface area contributed by atoms with Gasteiger partial charge in [-0.3, -0.25) is 0 Å². The van der Waals surface area contributed by atoms with Gasteiger partial charge in [0.05, 0.1) is 12.2 Å². The van der Waals surface area contributed by atoms with E-state index in [1.807, 2.05) is 0 Å². The van der Waals surface area contributed by atoms with Crippen molar-refractivity contribution >= 4 is 5.97 Å². The van der Waals surface area contributed by atoms with E-state index in [0.717, 1.165) is 12.1 Å². The van der Waals surface area contributed by atoms with Gasteiger partial charge in [-0.1, -0.05) is 0 Å². The molecule has 0 unspecified atom stereocenters. The van der Waals surface area contributed by atoms with Crippen molar-refractivity contribution in [3.8, 4) is 0 Å². The van der Waals surface area contributed by atoms with Gasteiger partial charge in [0.15, 0.2) is 0 Å². The monoisotopic (exact) mass is 264 g/mol. The predicted octanol–water partition coefficient (Wildman–Crippen LogP) is 3.72. The van der Waals surface area contributed by atoms with Gasteiger partial charge < -0.3 is 4.74 Å². The van der Waals surface area contributed by atoms with Crippen LogP contribution in [0.15, 0.2) is 24.3 Å². The Balaban J connectivity index is 2.24. The predicted molar refractivity (Wildman–Crippen MR) is 56.6 cm³/mol. The number of halogens is 4. The van der Waals surface area contributed by atoms with Gasteiger partial charge >= 0.3 is 12.1 Å². The van der Waals surface area contributed by atoms with Crippen LogP contribution in [0.1, 0.15) is 29.6 Å². The van der Waals surface area contributed by atoms with Gasteiger partial charge in [-0.2, -0.15) is 13.2 Å². The quantitative estimate of drug-likeness (QED) is 0.460. The summed E-state index contributed by atoms with van der Waals surface area (Å²) < 4.78 is 52.7. The maximum Gasteiger partial charge on any atom is 0.389 e. The van der Waals surface area contributed by atoms with E-state index in [4.69, 9.17) is 4.74 Å². The molecule has 0 aliphatic heterocycles. The number of ether oxygens (including phenoxy) is 1. The fraction of sp³-hybridized carbons (Fsp3) is 0.417. The molecule has 100 valence electrons. The molecule has 0 N–H and O–H groups in total. The second kappa shape index (κ2) is 6.37. The fourth-order valence-electron chi connectivity index (χ4n) is 1.26. The molecule has 0 spiro atoms. The Labute approximate surface area is 102 Å². The van der Waals surface area contributed by atoms with Crippen molar-refractivity contribution in [2.75, 3.05) is 6.61 Å². The number of unbranched alkanes of at least 4 members (excludes halogenated alkanes) is 1. The topological polar surface area (TPSA) is 26.3 Å². The summed E-state index contributed by atoms with van der Waals surface area (Å²) in [6.45, 7) is -0.0771. The molecule has 0 aliphatic carbocycles. The number of esters is 1. The number of rotatable bonds is 5. The van der Waals surface area contributed by atoms with E-state index < -0.39 is 24.4 Å². The minimum Gasteiger partial charge on any atom is -0.462 e. The minimum atomic E-state index is -4.18. The Morgan fingerprint density at radius 3 is 2.28 bits per heavy atom. The summed E-state index contributed by atoms with van der Waals surface area (Å²) >= 11 is 0. The minimum absolute atomic E-state index is 0.0771. The van der Waals surface area contributed by atoms with E-state index in [1.165, 1.54) is 12.1 Å². The maximum absolute atomic E-state index is 12.6. The molecular weight excluding hydrogens is 252 g/mol. The molecule has 0 saturated carbocycles. The van der Waals surface area contributed by atoms with Crippen LogP contribution in [0.3, 0.4) is 0 Å². The Hall–Kier alpha value is -1.59. The molecule has 0 aliphatic rings. The lowest BCUT2D eigenvalue weighted by atomic mass is 10.2. The van der Waals surface area contributed by atoms with Crippen molar-refractivity contribution in [1.82, 2.24) is 0 Å². The van der Waals surface area contributed by atoms with E-state index in [9.17, 15) is 22.4 Å². The van der Waals surface area contributed by atoms with Crippen molar-refractivity contribution < 1.29 is 27.1 Å². The molecule has 0 amide bonds. The van der Waals surface area contributed by atoms with E-state index in [-0.39, 0.29) is 25.0 Å². The fourth-order valence-corrected chi connectivity index (χ4v) is 1.26. The zero-order valence-electron chi connectivity index (χ0n) is 9.47. The van der Waals surface area contributed by atoms with Crippen LogP contribution in [-0.2, 0) is 4.74 Å². The Bertz CT molecular complexity index is 384. The summed E-state index contributed by atoms with van der Waals surface area (Å²) in [6, 6.07) is 4.74. The summed E-state index contributed by atoms with van der Waals surface area (Å²) in [6.07, 6.45) is -5.01. The molecule has 0 aromatic heterocycles.